The van der Waals surface area contributed by atoms with Crippen molar-refractivity contribution >= 4 is 23.5 Å². The van der Waals surface area contributed by atoms with E-state index >= 15 is 0 Å². The molecule has 7 nitrogen and oxygen atoms in total. The fourth-order valence-corrected chi connectivity index (χ4v) is 2.58. The molecule has 0 fully saturated rings. The predicted octanol–water partition coefficient (Wildman–Crippen LogP) is 1.69. The molecule has 0 spiro atoms. The molecule has 1 atom stereocenters. The summed E-state index contributed by atoms with van der Waals surface area (Å²) in [5.41, 5.74) is 0.353. The molecule has 8 heteroatoms. The van der Waals surface area contributed by atoms with Crippen molar-refractivity contribution in [1.82, 2.24) is 5.32 Å². The molecule has 1 aromatic carbocycles. The van der Waals surface area contributed by atoms with Crippen molar-refractivity contribution in [1.29, 1.82) is 0 Å². The highest BCUT2D eigenvalue weighted by atomic mass is 32.2. The summed E-state index contributed by atoms with van der Waals surface area (Å²) in [5, 5.41) is 12.0. The van der Waals surface area contributed by atoms with Gasteiger partial charge in [-0.25, -0.2) is 0 Å². The Hall–Kier alpha value is -1.93. The van der Waals surface area contributed by atoms with Gasteiger partial charge in [-0.3, -0.25) is 14.9 Å². The number of rotatable bonds is 11. The number of carbonyl (C=O) groups is 2. The van der Waals surface area contributed by atoms with Crippen LogP contribution in [0.1, 0.15) is 16.8 Å². The predicted molar refractivity (Wildman–Crippen MR) is 92.9 cm³/mol. The van der Waals surface area contributed by atoms with Crippen LogP contribution in [0, 0.1) is 0 Å². The highest BCUT2D eigenvalue weighted by Gasteiger charge is 2.20. The maximum Gasteiger partial charge on any atom is 0.320 e. The summed E-state index contributed by atoms with van der Waals surface area (Å²) in [4.78, 5) is 23.6. The van der Waals surface area contributed by atoms with E-state index in [1.54, 1.807) is 23.9 Å². The number of nitrogens with one attached hydrogen (secondary N) is 1. The van der Waals surface area contributed by atoms with Gasteiger partial charge >= 0.3 is 5.97 Å². The average molecular weight is 357 g/mol. The molecule has 0 aliphatic rings. The maximum absolute atomic E-state index is 12.4. The Balaban J connectivity index is 2.89. The van der Waals surface area contributed by atoms with Gasteiger partial charge in [-0.05, 0) is 30.6 Å². The fraction of sp³-hybridized carbons (Fsp3) is 0.500. The number of thioether (sulfide) groups is 1. The minimum Gasteiger partial charge on any atom is -0.493 e. The second-order valence-corrected chi connectivity index (χ2v) is 5.88. The summed E-state index contributed by atoms with van der Waals surface area (Å²) in [6, 6.07) is 2.33. The van der Waals surface area contributed by atoms with E-state index in [-0.39, 0.29) is 12.3 Å². The summed E-state index contributed by atoms with van der Waals surface area (Å²) < 4.78 is 15.6. The van der Waals surface area contributed by atoms with Crippen molar-refractivity contribution in [2.75, 3.05) is 39.9 Å². The van der Waals surface area contributed by atoms with Gasteiger partial charge in [0.25, 0.3) is 0 Å². The van der Waals surface area contributed by atoms with E-state index in [9.17, 15) is 14.7 Å². The maximum atomic E-state index is 12.4. The molecule has 1 rings (SSSR count). The second-order valence-electron chi connectivity index (χ2n) is 4.89. The topological polar surface area (TPSA) is 94.1 Å². The number of aliphatic carboxylic acids is 1. The first kappa shape index (κ1) is 20.1. The lowest BCUT2D eigenvalue weighted by Gasteiger charge is -2.15. The molecule has 0 amide bonds. The van der Waals surface area contributed by atoms with E-state index < -0.39 is 12.0 Å². The Bertz CT molecular complexity index is 553. The summed E-state index contributed by atoms with van der Waals surface area (Å²) in [5.74, 6) is 0.608. The Labute approximate surface area is 145 Å². The van der Waals surface area contributed by atoms with Crippen LogP contribution in [0.5, 0.6) is 17.2 Å². The van der Waals surface area contributed by atoms with Gasteiger partial charge in [-0.1, -0.05) is 0 Å². The number of carboxylic acid groups (broad SMARTS) is 1. The van der Waals surface area contributed by atoms with Gasteiger partial charge in [0.2, 0.25) is 5.75 Å². The third-order valence-corrected chi connectivity index (χ3v) is 4.05. The Morgan fingerprint density at radius 2 is 1.75 bits per heavy atom. The first-order chi connectivity index (χ1) is 11.5. The van der Waals surface area contributed by atoms with Crippen molar-refractivity contribution in [3.05, 3.63) is 17.7 Å². The highest BCUT2D eigenvalue weighted by Crippen LogP contribution is 2.38. The largest absolute Gasteiger partial charge is 0.493 e. The molecule has 0 radical (unpaired) electrons. The number of hydrogen-bond donors (Lipinski definition) is 2. The SMILES string of the molecule is COc1cc(C(=O)CN[C@@H](CCSC)C(=O)O)cc(OC)c1OC. The van der Waals surface area contributed by atoms with E-state index in [1.807, 2.05) is 6.26 Å². The van der Waals surface area contributed by atoms with E-state index in [0.29, 0.717) is 35.0 Å². The Morgan fingerprint density at radius 3 is 2.17 bits per heavy atom. The molecule has 24 heavy (non-hydrogen) atoms. The normalized spacial score (nSPS) is 11.7. The van der Waals surface area contributed by atoms with Gasteiger partial charge in [0.05, 0.1) is 27.9 Å². The second kappa shape index (κ2) is 10.0. The summed E-state index contributed by atoms with van der Waals surface area (Å²) in [6.45, 7) is -0.0933. The van der Waals surface area contributed by atoms with Crippen molar-refractivity contribution < 1.29 is 28.9 Å². The Kier molecular flexibility index (Phi) is 8.42. The first-order valence-corrected chi connectivity index (χ1v) is 8.66. The van der Waals surface area contributed by atoms with Crippen LogP contribution in [0.4, 0.5) is 0 Å². The van der Waals surface area contributed by atoms with Crippen LogP contribution in [0.2, 0.25) is 0 Å². The highest BCUT2D eigenvalue weighted by molar-refractivity contribution is 7.98. The van der Waals surface area contributed by atoms with Crippen molar-refractivity contribution in [2.45, 2.75) is 12.5 Å². The molecule has 2 N–H and O–H groups in total. The smallest absolute Gasteiger partial charge is 0.320 e. The molecule has 1 aromatic rings. The zero-order valence-electron chi connectivity index (χ0n) is 14.3. The van der Waals surface area contributed by atoms with Crippen LogP contribution >= 0.6 is 11.8 Å². The van der Waals surface area contributed by atoms with Gasteiger partial charge in [-0.2, -0.15) is 11.8 Å². The molecule has 0 saturated heterocycles. The van der Waals surface area contributed by atoms with Crippen LogP contribution in [-0.2, 0) is 4.79 Å². The molecule has 0 aromatic heterocycles. The van der Waals surface area contributed by atoms with Gasteiger partial charge in [0, 0.05) is 5.56 Å². The van der Waals surface area contributed by atoms with Crippen LogP contribution in [0.25, 0.3) is 0 Å². The number of carbonyl (C=O) groups excluding carboxylic acids is 1. The minimum absolute atomic E-state index is 0.0933. The van der Waals surface area contributed by atoms with E-state index in [1.165, 1.54) is 21.3 Å². The molecule has 0 bridgehead atoms. The van der Waals surface area contributed by atoms with Gasteiger partial charge in [0.1, 0.15) is 6.04 Å². The van der Waals surface area contributed by atoms with Gasteiger partial charge in [-0.15, -0.1) is 0 Å². The van der Waals surface area contributed by atoms with E-state index in [4.69, 9.17) is 14.2 Å². The number of ketones is 1. The quantitative estimate of drug-likeness (QED) is 0.578. The van der Waals surface area contributed by atoms with E-state index in [0.717, 1.165) is 0 Å². The Morgan fingerprint density at radius 1 is 1.17 bits per heavy atom. The third-order valence-electron chi connectivity index (χ3n) is 3.40. The lowest BCUT2D eigenvalue weighted by molar-refractivity contribution is -0.139. The number of ether oxygens (including phenoxy) is 3. The molecule has 0 aliphatic carbocycles. The summed E-state index contributed by atoms with van der Waals surface area (Å²) >= 11 is 1.56. The average Bonchev–Trinajstić information content (AvgIpc) is 2.59. The minimum atomic E-state index is -0.971. The molecule has 0 aliphatic heterocycles. The molecule has 134 valence electrons. The zero-order chi connectivity index (χ0) is 18.1. The zero-order valence-corrected chi connectivity index (χ0v) is 15.1. The molecular formula is C16H23NO6S. The number of hydrogen-bond acceptors (Lipinski definition) is 7. The number of carboxylic acids is 1. The van der Waals surface area contributed by atoms with Gasteiger partial charge in [0.15, 0.2) is 17.3 Å². The van der Waals surface area contributed by atoms with Crippen LogP contribution in [-0.4, -0.2) is 62.8 Å². The molecule has 0 unspecified atom stereocenters. The lowest BCUT2D eigenvalue weighted by atomic mass is 10.1. The number of benzene rings is 1. The number of methoxy groups -OCH3 is 3. The third kappa shape index (κ3) is 5.31. The van der Waals surface area contributed by atoms with Crippen LogP contribution in [0.15, 0.2) is 12.1 Å². The summed E-state index contributed by atoms with van der Waals surface area (Å²) in [7, 11) is 4.41. The standard InChI is InChI=1S/C16H23NO6S/c1-21-13-7-10(8-14(22-2)15(13)23-3)12(18)9-17-11(16(19)20)5-6-24-4/h7-8,11,17H,5-6,9H2,1-4H3,(H,19,20)/t11-/m0/s1. The lowest BCUT2D eigenvalue weighted by Crippen LogP contribution is -2.40. The van der Waals surface area contributed by atoms with Crippen molar-refractivity contribution in [3.63, 3.8) is 0 Å². The molecular weight excluding hydrogens is 334 g/mol. The molecule has 0 heterocycles. The monoisotopic (exact) mass is 357 g/mol. The summed E-state index contributed by atoms with van der Waals surface area (Å²) in [6.07, 6.45) is 2.35. The van der Waals surface area contributed by atoms with Crippen LogP contribution in [0.3, 0.4) is 0 Å². The molecule has 0 saturated carbocycles. The van der Waals surface area contributed by atoms with E-state index in [2.05, 4.69) is 5.32 Å². The van der Waals surface area contributed by atoms with Crippen molar-refractivity contribution in [2.24, 2.45) is 0 Å². The number of Topliss-reactive ketones (excluding diaryl/α,β-unsaturated/α-hetero) is 1. The van der Waals surface area contributed by atoms with Gasteiger partial charge < -0.3 is 19.3 Å². The van der Waals surface area contributed by atoms with Crippen molar-refractivity contribution in [3.8, 4) is 17.2 Å². The van der Waals surface area contributed by atoms with Crippen LogP contribution < -0.4 is 19.5 Å². The first-order valence-electron chi connectivity index (χ1n) is 7.26. The fourth-order valence-electron chi connectivity index (χ4n) is 2.11.